The van der Waals surface area contributed by atoms with Gasteiger partial charge in [0.25, 0.3) is 0 Å². The smallest absolute Gasteiger partial charge is 0.166 e. The largest absolute Gasteiger partial charge is 0.454 e. The number of halogens is 3. The Labute approximate surface area is 119 Å². The summed E-state index contributed by atoms with van der Waals surface area (Å²) < 4.78 is 20.3. The fourth-order valence-electron chi connectivity index (χ4n) is 1.56. The molecule has 0 saturated heterocycles. The lowest BCUT2D eigenvalue weighted by Crippen LogP contribution is -1.92. The van der Waals surface area contributed by atoms with E-state index in [1.54, 1.807) is 18.2 Å². The molecule has 0 atom stereocenters. The molecule has 2 aromatic carbocycles. The first-order valence-corrected chi connectivity index (χ1v) is 6.71. The maximum absolute atomic E-state index is 13.7. The number of ether oxygens (including phenoxy) is 1. The van der Waals surface area contributed by atoms with E-state index in [2.05, 4.69) is 15.9 Å². The first-order chi connectivity index (χ1) is 8.60. The van der Waals surface area contributed by atoms with E-state index in [4.69, 9.17) is 16.3 Å². The van der Waals surface area contributed by atoms with Gasteiger partial charge in [0.15, 0.2) is 11.6 Å². The van der Waals surface area contributed by atoms with Crippen molar-refractivity contribution in [1.29, 1.82) is 0 Å². The van der Waals surface area contributed by atoms with Crippen LogP contribution < -0.4 is 4.74 Å². The summed E-state index contributed by atoms with van der Waals surface area (Å²) in [6.07, 6.45) is 0. The van der Waals surface area contributed by atoms with E-state index in [-0.39, 0.29) is 11.6 Å². The molecule has 94 valence electrons. The Hall–Kier alpha value is -1.06. The average Bonchev–Trinajstić information content (AvgIpc) is 2.34. The van der Waals surface area contributed by atoms with Crippen LogP contribution >= 0.6 is 27.5 Å². The predicted molar refractivity (Wildman–Crippen MR) is 74.9 cm³/mol. The van der Waals surface area contributed by atoms with Gasteiger partial charge in [0.2, 0.25) is 0 Å². The number of aryl methyl sites for hydroxylation is 1. The van der Waals surface area contributed by atoms with Crippen molar-refractivity contribution in [3.05, 3.63) is 57.8 Å². The van der Waals surface area contributed by atoms with Crippen LogP contribution in [0, 0.1) is 12.7 Å². The first kappa shape index (κ1) is 13.4. The fourth-order valence-corrected chi connectivity index (χ4v) is 2.20. The number of benzene rings is 2. The van der Waals surface area contributed by atoms with Gasteiger partial charge in [0, 0.05) is 10.4 Å². The van der Waals surface area contributed by atoms with Crippen LogP contribution in [0.2, 0.25) is 0 Å². The molecule has 0 aliphatic heterocycles. The Bertz CT molecular complexity index is 572. The van der Waals surface area contributed by atoms with Gasteiger partial charge in [-0.05, 0) is 48.4 Å². The Morgan fingerprint density at radius 2 is 1.89 bits per heavy atom. The quantitative estimate of drug-likeness (QED) is 0.682. The number of hydrogen-bond donors (Lipinski definition) is 0. The molecule has 0 amide bonds. The minimum absolute atomic E-state index is 0.203. The van der Waals surface area contributed by atoms with Gasteiger partial charge >= 0.3 is 0 Å². The maximum Gasteiger partial charge on any atom is 0.166 e. The second kappa shape index (κ2) is 5.72. The minimum Gasteiger partial charge on any atom is -0.454 e. The van der Waals surface area contributed by atoms with Gasteiger partial charge in [0.05, 0.1) is 0 Å². The molecule has 0 radical (unpaired) electrons. The Morgan fingerprint density at radius 3 is 2.50 bits per heavy atom. The van der Waals surface area contributed by atoms with E-state index in [9.17, 15) is 4.39 Å². The summed E-state index contributed by atoms with van der Waals surface area (Å²) >= 11 is 9.01. The molecule has 0 bridgehead atoms. The summed E-state index contributed by atoms with van der Waals surface area (Å²) in [6.45, 7) is 1.91. The molecule has 0 aromatic heterocycles. The second-order valence-electron chi connectivity index (χ2n) is 3.91. The van der Waals surface area contributed by atoms with E-state index in [0.29, 0.717) is 5.75 Å². The van der Waals surface area contributed by atoms with Crippen molar-refractivity contribution in [3.63, 3.8) is 0 Å². The van der Waals surface area contributed by atoms with Gasteiger partial charge in [-0.3, -0.25) is 0 Å². The summed E-state index contributed by atoms with van der Waals surface area (Å²) in [6, 6.07) is 10.3. The highest BCUT2D eigenvalue weighted by molar-refractivity contribution is 9.10. The standard InChI is InChI=1S/C14H11BrClFO/c1-9-6-11(15)3-5-13(9)18-14-4-2-10(8-16)7-12(14)17/h2-7H,8H2,1H3. The van der Waals surface area contributed by atoms with Crippen molar-refractivity contribution < 1.29 is 9.13 Å². The van der Waals surface area contributed by atoms with Gasteiger partial charge in [-0.2, -0.15) is 0 Å². The predicted octanol–water partition coefficient (Wildman–Crippen LogP) is 5.43. The summed E-state index contributed by atoms with van der Waals surface area (Å²) in [4.78, 5) is 0. The van der Waals surface area contributed by atoms with Crippen LogP contribution in [-0.4, -0.2) is 0 Å². The van der Waals surface area contributed by atoms with E-state index in [1.807, 2.05) is 19.1 Å². The second-order valence-corrected chi connectivity index (χ2v) is 5.09. The van der Waals surface area contributed by atoms with Crippen molar-refractivity contribution in [2.24, 2.45) is 0 Å². The lowest BCUT2D eigenvalue weighted by Gasteiger charge is -2.10. The monoisotopic (exact) mass is 328 g/mol. The third kappa shape index (κ3) is 3.03. The van der Waals surface area contributed by atoms with Crippen LogP contribution in [0.1, 0.15) is 11.1 Å². The summed E-state index contributed by atoms with van der Waals surface area (Å²) in [5.74, 6) is 0.717. The van der Waals surface area contributed by atoms with Crippen molar-refractivity contribution >= 4 is 27.5 Å². The van der Waals surface area contributed by atoms with E-state index >= 15 is 0 Å². The third-order valence-corrected chi connectivity index (χ3v) is 3.31. The zero-order valence-corrected chi connectivity index (χ0v) is 12.1. The van der Waals surface area contributed by atoms with E-state index < -0.39 is 5.82 Å². The van der Waals surface area contributed by atoms with Crippen LogP contribution in [0.15, 0.2) is 40.9 Å². The Balaban J connectivity index is 2.28. The number of alkyl halides is 1. The molecule has 4 heteroatoms. The molecule has 18 heavy (non-hydrogen) atoms. The molecule has 0 fully saturated rings. The molecular formula is C14H11BrClFO. The molecule has 2 aromatic rings. The Morgan fingerprint density at radius 1 is 1.17 bits per heavy atom. The fraction of sp³-hybridized carbons (Fsp3) is 0.143. The van der Waals surface area contributed by atoms with Crippen LogP contribution in [0.4, 0.5) is 4.39 Å². The van der Waals surface area contributed by atoms with E-state index in [0.717, 1.165) is 15.6 Å². The SMILES string of the molecule is Cc1cc(Br)ccc1Oc1ccc(CCl)cc1F. The van der Waals surface area contributed by atoms with Gasteiger partial charge in [0.1, 0.15) is 5.75 Å². The lowest BCUT2D eigenvalue weighted by atomic mass is 10.2. The average molecular weight is 330 g/mol. The summed E-state index contributed by atoms with van der Waals surface area (Å²) in [5, 5.41) is 0. The highest BCUT2D eigenvalue weighted by atomic mass is 79.9. The molecule has 0 aliphatic rings. The number of rotatable bonds is 3. The molecule has 0 N–H and O–H groups in total. The lowest BCUT2D eigenvalue weighted by molar-refractivity contribution is 0.439. The normalized spacial score (nSPS) is 10.4. The first-order valence-electron chi connectivity index (χ1n) is 5.38. The van der Waals surface area contributed by atoms with Crippen LogP contribution in [0.3, 0.4) is 0 Å². The van der Waals surface area contributed by atoms with Crippen molar-refractivity contribution in [1.82, 2.24) is 0 Å². The molecule has 2 rings (SSSR count). The maximum atomic E-state index is 13.7. The van der Waals surface area contributed by atoms with Gasteiger partial charge in [-0.25, -0.2) is 4.39 Å². The van der Waals surface area contributed by atoms with Gasteiger partial charge in [-0.1, -0.05) is 22.0 Å². The topological polar surface area (TPSA) is 9.23 Å². The van der Waals surface area contributed by atoms with Crippen LogP contribution in [-0.2, 0) is 5.88 Å². The van der Waals surface area contributed by atoms with Crippen molar-refractivity contribution in [3.8, 4) is 11.5 Å². The third-order valence-electron chi connectivity index (χ3n) is 2.51. The van der Waals surface area contributed by atoms with Crippen LogP contribution in [0.5, 0.6) is 11.5 Å². The highest BCUT2D eigenvalue weighted by Crippen LogP contribution is 2.29. The molecule has 0 unspecified atom stereocenters. The molecule has 0 saturated carbocycles. The molecular weight excluding hydrogens is 319 g/mol. The Kier molecular flexibility index (Phi) is 4.25. The van der Waals surface area contributed by atoms with E-state index in [1.165, 1.54) is 6.07 Å². The molecule has 0 spiro atoms. The zero-order valence-electron chi connectivity index (χ0n) is 9.71. The molecule has 0 aliphatic carbocycles. The van der Waals surface area contributed by atoms with Crippen LogP contribution in [0.25, 0.3) is 0 Å². The highest BCUT2D eigenvalue weighted by Gasteiger charge is 2.07. The zero-order chi connectivity index (χ0) is 13.1. The van der Waals surface area contributed by atoms with Crippen molar-refractivity contribution in [2.45, 2.75) is 12.8 Å². The summed E-state index contributed by atoms with van der Waals surface area (Å²) in [5.41, 5.74) is 1.67. The van der Waals surface area contributed by atoms with Gasteiger partial charge < -0.3 is 4.74 Å². The minimum atomic E-state index is -0.407. The van der Waals surface area contributed by atoms with Crippen molar-refractivity contribution in [2.75, 3.05) is 0 Å². The number of hydrogen-bond acceptors (Lipinski definition) is 1. The molecule has 0 heterocycles. The molecule has 1 nitrogen and oxygen atoms in total. The summed E-state index contributed by atoms with van der Waals surface area (Å²) in [7, 11) is 0. The van der Waals surface area contributed by atoms with Gasteiger partial charge in [-0.15, -0.1) is 11.6 Å².